The average Bonchev–Trinajstić information content (AvgIpc) is 3.37. The number of nitrogens with zero attached hydrogens (tertiary/aromatic N) is 1. The molecule has 0 aromatic carbocycles. The Kier molecular flexibility index (Phi) is 9.33. The molecule has 1 aromatic rings. The summed E-state index contributed by atoms with van der Waals surface area (Å²) in [6, 6.07) is 0. The number of hydrogen-bond donors (Lipinski definition) is 1. The molecule has 2 aliphatic heterocycles. The summed E-state index contributed by atoms with van der Waals surface area (Å²) >= 11 is 1.44. The predicted molar refractivity (Wildman–Crippen MR) is 139 cm³/mol. The van der Waals surface area contributed by atoms with Crippen LogP contribution in [0.15, 0.2) is 11.0 Å². The molecule has 8 heteroatoms. The number of carbonyl (C=O) groups excluding carboxylic acids is 2. The lowest BCUT2D eigenvalue weighted by Gasteiger charge is -2.31. The molecule has 0 aliphatic carbocycles. The first kappa shape index (κ1) is 27.3. The largest absolute Gasteiger partial charge is 0.473 e. The summed E-state index contributed by atoms with van der Waals surface area (Å²) in [4.78, 5) is 30.4. The highest BCUT2D eigenvalue weighted by Gasteiger charge is 2.41. The molecule has 190 valence electrons. The van der Waals surface area contributed by atoms with Crippen molar-refractivity contribution in [2.45, 2.75) is 96.7 Å². The molecular formula is C26H40NO5PS. The Labute approximate surface area is 209 Å². The van der Waals surface area contributed by atoms with Crippen LogP contribution >= 0.6 is 19.9 Å². The van der Waals surface area contributed by atoms with Gasteiger partial charge in [-0.1, -0.05) is 45.5 Å². The van der Waals surface area contributed by atoms with Crippen molar-refractivity contribution in [2.24, 2.45) is 17.3 Å². The molecule has 0 saturated carbocycles. The molecule has 6 nitrogen and oxygen atoms in total. The number of methoxy groups -OCH3 is 1. The molecule has 7 atom stereocenters. The highest BCUT2D eigenvalue weighted by molar-refractivity contribution is 7.48. The minimum atomic E-state index is -0.698. The number of fused-ring (bicyclic) bond motifs is 1. The van der Waals surface area contributed by atoms with E-state index >= 15 is 0 Å². The van der Waals surface area contributed by atoms with E-state index in [4.69, 9.17) is 9.47 Å². The SMILES string of the molecule is COc1nc(/C=C(\C)C2CC3PC3CCC[C@H](C)C(O)[C@@H](C)C(=O)C(C)(C)CCC(=O)O2)cs1. The summed E-state index contributed by atoms with van der Waals surface area (Å²) < 4.78 is 11.2. The Morgan fingerprint density at radius 1 is 1.29 bits per heavy atom. The Balaban J connectivity index is 1.77. The van der Waals surface area contributed by atoms with Crippen LogP contribution in [0.3, 0.4) is 0 Å². The number of ether oxygens (including phenoxy) is 2. The number of rotatable bonds is 3. The third-order valence-electron chi connectivity index (χ3n) is 7.41. The van der Waals surface area contributed by atoms with Gasteiger partial charge in [0.25, 0.3) is 5.19 Å². The molecular weight excluding hydrogens is 469 g/mol. The van der Waals surface area contributed by atoms with Crippen molar-refractivity contribution in [3.8, 4) is 5.19 Å². The summed E-state index contributed by atoms with van der Waals surface area (Å²) in [5, 5.41) is 13.3. The monoisotopic (exact) mass is 509 g/mol. The van der Waals surface area contributed by atoms with Gasteiger partial charge in [-0.2, -0.15) is 0 Å². The lowest BCUT2D eigenvalue weighted by Crippen LogP contribution is -2.39. The zero-order valence-corrected chi connectivity index (χ0v) is 23.1. The number of hydrogen-bond acceptors (Lipinski definition) is 7. The van der Waals surface area contributed by atoms with Crippen LogP contribution in [0.1, 0.15) is 78.8 Å². The van der Waals surface area contributed by atoms with E-state index in [9.17, 15) is 14.7 Å². The van der Waals surface area contributed by atoms with Gasteiger partial charge in [-0.15, -0.1) is 8.58 Å². The minimum Gasteiger partial charge on any atom is -0.473 e. The second-order valence-corrected chi connectivity index (χ2v) is 13.3. The van der Waals surface area contributed by atoms with Crippen LogP contribution in [-0.2, 0) is 14.3 Å². The van der Waals surface area contributed by atoms with Crippen molar-refractivity contribution in [1.82, 2.24) is 4.98 Å². The zero-order chi connectivity index (χ0) is 25.0. The molecule has 2 fully saturated rings. The number of Topliss-reactive ketones (excluding diaryl/α,β-unsaturated/α-hetero) is 1. The molecule has 2 saturated heterocycles. The highest BCUT2D eigenvalue weighted by Crippen LogP contribution is 2.54. The smallest absolute Gasteiger partial charge is 0.306 e. The molecule has 1 N–H and O–H groups in total. The van der Waals surface area contributed by atoms with Crippen LogP contribution in [0.25, 0.3) is 6.08 Å². The second-order valence-electron chi connectivity index (χ2n) is 10.7. The standard InChI is InChI=1S/C26H40NO5PS/c1-15-8-7-9-20-21(33-20)13-19(16(2)12-18-14-34-25(27-18)31-6)32-22(28)10-11-26(4,5)24(30)17(3)23(15)29/h12,14-15,17,19-21,23,29,33H,7-11,13H2,1-6H3/b16-12+/t15-,17+,19?,20?,21?,23?/m0/s1. The topological polar surface area (TPSA) is 85.7 Å². The molecule has 0 radical (unpaired) electrons. The maximum absolute atomic E-state index is 13.1. The van der Waals surface area contributed by atoms with Gasteiger partial charge < -0.3 is 14.6 Å². The Morgan fingerprint density at radius 3 is 2.71 bits per heavy atom. The molecule has 3 rings (SSSR count). The third kappa shape index (κ3) is 7.11. The molecule has 0 spiro atoms. The fraction of sp³-hybridized carbons (Fsp3) is 0.731. The Hall–Kier alpha value is -1.30. The summed E-state index contributed by atoms with van der Waals surface area (Å²) in [6.45, 7) is 9.61. The summed E-state index contributed by atoms with van der Waals surface area (Å²) in [7, 11) is 2.50. The van der Waals surface area contributed by atoms with Crippen molar-refractivity contribution in [3.63, 3.8) is 0 Å². The van der Waals surface area contributed by atoms with Crippen LogP contribution in [0.5, 0.6) is 5.19 Å². The van der Waals surface area contributed by atoms with Gasteiger partial charge in [0.15, 0.2) is 0 Å². The van der Waals surface area contributed by atoms with Gasteiger partial charge in [-0.05, 0) is 61.5 Å². The average molecular weight is 510 g/mol. The van der Waals surface area contributed by atoms with Gasteiger partial charge in [0.1, 0.15) is 11.9 Å². The van der Waals surface area contributed by atoms with Gasteiger partial charge in [-0.3, -0.25) is 9.59 Å². The zero-order valence-electron chi connectivity index (χ0n) is 21.3. The normalized spacial score (nSPS) is 34.4. The Bertz CT molecular complexity index is 898. The van der Waals surface area contributed by atoms with Gasteiger partial charge in [0.05, 0.1) is 18.9 Å². The lowest BCUT2D eigenvalue weighted by molar-refractivity contribution is -0.148. The van der Waals surface area contributed by atoms with Crippen LogP contribution < -0.4 is 4.74 Å². The molecule has 0 bridgehead atoms. The maximum atomic E-state index is 13.1. The van der Waals surface area contributed by atoms with Crippen LogP contribution in [0.2, 0.25) is 0 Å². The fourth-order valence-corrected chi connectivity index (χ4v) is 6.96. The third-order valence-corrected chi connectivity index (χ3v) is 10.0. The molecule has 34 heavy (non-hydrogen) atoms. The van der Waals surface area contributed by atoms with Gasteiger partial charge in [0, 0.05) is 23.1 Å². The summed E-state index contributed by atoms with van der Waals surface area (Å²) in [5.74, 6) is -0.622. The van der Waals surface area contributed by atoms with E-state index in [0.717, 1.165) is 45.5 Å². The van der Waals surface area contributed by atoms with Crippen LogP contribution in [0, 0.1) is 17.3 Å². The summed E-state index contributed by atoms with van der Waals surface area (Å²) in [6.07, 6.45) is 5.57. The molecule has 1 aromatic heterocycles. The van der Waals surface area contributed by atoms with Crippen LogP contribution in [0.4, 0.5) is 0 Å². The van der Waals surface area contributed by atoms with Crippen molar-refractivity contribution >= 4 is 37.7 Å². The lowest BCUT2D eigenvalue weighted by atomic mass is 9.74. The number of esters is 1. The number of cyclic esters (lactones) is 1. The minimum absolute atomic E-state index is 0.0144. The van der Waals surface area contributed by atoms with E-state index < -0.39 is 17.4 Å². The van der Waals surface area contributed by atoms with E-state index in [-0.39, 0.29) is 30.2 Å². The highest BCUT2D eigenvalue weighted by atomic mass is 32.1. The molecule has 0 amide bonds. The van der Waals surface area contributed by atoms with E-state index in [0.29, 0.717) is 22.9 Å². The molecule has 2 aliphatic rings. The fourth-order valence-electron chi connectivity index (χ4n) is 4.90. The summed E-state index contributed by atoms with van der Waals surface area (Å²) in [5.41, 5.74) is 2.35. The van der Waals surface area contributed by atoms with Gasteiger partial charge in [0.2, 0.25) is 0 Å². The van der Waals surface area contributed by atoms with E-state index in [1.165, 1.54) is 11.3 Å². The molecule has 5 unspecified atom stereocenters. The van der Waals surface area contributed by atoms with Crippen molar-refractivity contribution in [2.75, 3.05) is 7.11 Å². The van der Waals surface area contributed by atoms with Gasteiger partial charge >= 0.3 is 5.97 Å². The number of aromatic nitrogens is 1. The number of aliphatic hydroxyl groups excluding tert-OH is 1. The number of ketones is 1. The maximum Gasteiger partial charge on any atom is 0.306 e. The van der Waals surface area contributed by atoms with Crippen molar-refractivity contribution < 1.29 is 24.2 Å². The van der Waals surface area contributed by atoms with Crippen molar-refractivity contribution in [1.29, 1.82) is 0 Å². The number of aliphatic hydroxyl groups is 1. The van der Waals surface area contributed by atoms with Crippen LogP contribution in [-0.4, -0.2) is 52.5 Å². The number of carbonyl (C=O) groups is 2. The number of thiazole rings is 1. The van der Waals surface area contributed by atoms with E-state index in [1.807, 2.05) is 46.1 Å². The molecule has 3 heterocycles. The van der Waals surface area contributed by atoms with Crippen molar-refractivity contribution in [3.05, 3.63) is 16.6 Å². The van der Waals surface area contributed by atoms with E-state index in [2.05, 4.69) is 4.98 Å². The first-order valence-electron chi connectivity index (χ1n) is 12.4. The van der Waals surface area contributed by atoms with Gasteiger partial charge in [-0.25, -0.2) is 4.98 Å². The predicted octanol–water partition coefficient (Wildman–Crippen LogP) is 5.48. The second kappa shape index (κ2) is 11.6. The first-order valence-corrected chi connectivity index (χ1v) is 14.4. The van der Waals surface area contributed by atoms with E-state index in [1.54, 1.807) is 7.11 Å². The first-order chi connectivity index (χ1) is 16.0. The quantitative estimate of drug-likeness (QED) is 0.429. The Morgan fingerprint density at radius 2 is 2.03 bits per heavy atom.